The summed E-state index contributed by atoms with van der Waals surface area (Å²) >= 11 is 0. The summed E-state index contributed by atoms with van der Waals surface area (Å²) < 4.78 is 0. The van der Waals surface area contributed by atoms with Gasteiger partial charge in [-0.2, -0.15) is 0 Å². The van der Waals surface area contributed by atoms with Gasteiger partial charge in [-0.05, 0) is 65.3 Å². The first-order valence-corrected chi connectivity index (χ1v) is 16.1. The van der Waals surface area contributed by atoms with E-state index in [9.17, 15) is 0 Å². The van der Waals surface area contributed by atoms with Crippen LogP contribution in [-0.2, 0) is 0 Å². The molecule has 5 heteroatoms. The van der Waals surface area contributed by atoms with Gasteiger partial charge >= 0.3 is 0 Å². The quantitative estimate of drug-likeness (QED) is 0.154. The maximum absolute atomic E-state index is 5.19. The Morgan fingerprint density at radius 3 is 2.06 bits per heavy atom. The first-order chi connectivity index (χ1) is 23.8. The van der Waals surface area contributed by atoms with Gasteiger partial charge in [0.1, 0.15) is 0 Å². The summed E-state index contributed by atoms with van der Waals surface area (Å²) in [5, 5.41) is 6.91. The highest BCUT2D eigenvalue weighted by Crippen LogP contribution is 2.39. The molecule has 1 atom stereocenters. The van der Waals surface area contributed by atoms with Crippen LogP contribution in [0.5, 0.6) is 0 Å². The van der Waals surface area contributed by atoms with Gasteiger partial charge in [0, 0.05) is 39.7 Å². The average molecular weight is 616 g/mol. The summed E-state index contributed by atoms with van der Waals surface area (Å²) in [4.78, 5) is 19.6. The minimum absolute atomic E-state index is 0.0856. The van der Waals surface area contributed by atoms with E-state index in [1.807, 2.05) is 60.9 Å². The summed E-state index contributed by atoms with van der Waals surface area (Å²) in [7, 11) is 0. The van der Waals surface area contributed by atoms with E-state index in [1.54, 1.807) is 0 Å². The van der Waals surface area contributed by atoms with Gasteiger partial charge in [0.05, 0.1) is 45.4 Å². The lowest BCUT2D eigenvalue weighted by Crippen LogP contribution is -2.23. The molecule has 1 aliphatic heterocycles. The molecule has 0 spiro atoms. The zero-order valence-corrected chi connectivity index (χ0v) is 26.0. The number of benzene rings is 4. The lowest BCUT2D eigenvalue weighted by atomic mass is 9.92. The van der Waals surface area contributed by atoms with E-state index < -0.39 is 0 Å². The van der Waals surface area contributed by atoms with Crippen molar-refractivity contribution in [3.05, 3.63) is 181 Å². The number of nitrogens with zero attached hydrogens (tertiary/aromatic N) is 4. The van der Waals surface area contributed by atoms with Crippen LogP contribution in [0, 0.1) is 0 Å². The Labute approximate surface area is 278 Å². The van der Waals surface area contributed by atoms with Gasteiger partial charge in [-0.1, -0.05) is 103 Å². The van der Waals surface area contributed by atoms with Crippen molar-refractivity contribution in [2.24, 2.45) is 0 Å². The Morgan fingerprint density at radius 2 is 1.25 bits per heavy atom. The number of hydrogen-bond acceptors (Lipinski definition) is 5. The van der Waals surface area contributed by atoms with Crippen LogP contribution < -0.4 is 5.32 Å². The summed E-state index contributed by atoms with van der Waals surface area (Å²) in [6.07, 6.45) is 8.08. The second-order valence-electron chi connectivity index (χ2n) is 11.9. The van der Waals surface area contributed by atoms with Crippen molar-refractivity contribution >= 4 is 44.0 Å². The van der Waals surface area contributed by atoms with E-state index in [0.29, 0.717) is 0 Å². The summed E-state index contributed by atoms with van der Waals surface area (Å²) in [5.74, 6) is 0. The normalized spacial score (nSPS) is 14.5. The summed E-state index contributed by atoms with van der Waals surface area (Å²) in [6, 6.07) is 48.1. The van der Waals surface area contributed by atoms with Crippen molar-refractivity contribution in [2.75, 3.05) is 0 Å². The molecule has 5 heterocycles. The number of fused-ring (bicyclic) bond motifs is 4. The third-order valence-electron chi connectivity index (χ3n) is 8.99. The predicted molar refractivity (Wildman–Crippen MR) is 196 cm³/mol. The Bertz CT molecular complexity index is 2510. The number of rotatable bonds is 5. The van der Waals surface area contributed by atoms with E-state index in [1.165, 1.54) is 0 Å². The van der Waals surface area contributed by atoms with Crippen LogP contribution in [0.15, 0.2) is 164 Å². The van der Waals surface area contributed by atoms with Crippen molar-refractivity contribution in [3.8, 4) is 22.4 Å². The highest BCUT2D eigenvalue weighted by Gasteiger charge is 2.20. The lowest BCUT2D eigenvalue weighted by Gasteiger charge is -2.24. The largest absolute Gasteiger partial charge is 0.371 e. The van der Waals surface area contributed by atoms with E-state index in [-0.39, 0.29) is 6.04 Å². The molecule has 48 heavy (non-hydrogen) atoms. The topological polar surface area (TPSA) is 63.6 Å². The van der Waals surface area contributed by atoms with Gasteiger partial charge < -0.3 is 5.32 Å². The molecule has 0 amide bonds. The third kappa shape index (κ3) is 4.99. The van der Waals surface area contributed by atoms with Crippen molar-refractivity contribution in [1.29, 1.82) is 0 Å². The number of para-hydroxylation sites is 1. The van der Waals surface area contributed by atoms with Crippen LogP contribution >= 0.6 is 0 Å². The van der Waals surface area contributed by atoms with Crippen molar-refractivity contribution < 1.29 is 0 Å². The van der Waals surface area contributed by atoms with E-state index >= 15 is 0 Å². The van der Waals surface area contributed by atoms with Crippen LogP contribution in [0.25, 0.3) is 66.4 Å². The third-order valence-corrected chi connectivity index (χ3v) is 8.99. The predicted octanol–water partition coefficient (Wildman–Crippen LogP) is 9.83. The van der Waals surface area contributed by atoms with E-state index in [2.05, 4.69) is 118 Å². The van der Waals surface area contributed by atoms with Gasteiger partial charge in [0.25, 0.3) is 0 Å². The molecule has 0 saturated carbocycles. The highest BCUT2D eigenvalue weighted by atomic mass is 15.0. The smallest absolute Gasteiger partial charge is 0.0978 e. The van der Waals surface area contributed by atoms with Gasteiger partial charge in [-0.25, -0.2) is 9.97 Å². The highest BCUT2D eigenvalue weighted by molar-refractivity contribution is 6.16. The Morgan fingerprint density at radius 1 is 0.500 bits per heavy atom. The van der Waals surface area contributed by atoms with Crippen molar-refractivity contribution in [3.63, 3.8) is 0 Å². The molecular weight excluding hydrogens is 587 g/mol. The molecule has 5 nitrogen and oxygen atoms in total. The van der Waals surface area contributed by atoms with Crippen LogP contribution in [-0.4, -0.2) is 19.9 Å². The molecule has 9 rings (SSSR count). The fourth-order valence-corrected chi connectivity index (χ4v) is 6.65. The molecule has 1 unspecified atom stereocenters. The van der Waals surface area contributed by atoms with Crippen LogP contribution in [0.1, 0.15) is 23.0 Å². The molecular formula is C43H29N5. The van der Waals surface area contributed by atoms with E-state index in [4.69, 9.17) is 9.97 Å². The number of dihydropyridines is 1. The minimum atomic E-state index is -0.0856. The molecule has 1 aliphatic rings. The number of pyridine rings is 4. The SMILES string of the molecule is C1=C(c2ccc(-c3c4ccccc4nc4c3ccc3ccc(-c5ccccc5)nc34)cc2)C=C(c2ccccn2)NC1c1ccccn1. The number of hydrogen-bond donors (Lipinski definition) is 1. The molecule has 4 aromatic heterocycles. The molecule has 226 valence electrons. The zero-order valence-electron chi connectivity index (χ0n) is 26.0. The van der Waals surface area contributed by atoms with Crippen LogP contribution in [0.2, 0.25) is 0 Å². The molecule has 1 N–H and O–H groups in total. The lowest BCUT2D eigenvalue weighted by molar-refractivity contribution is 0.736. The fourth-order valence-electron chi connectivity index (χ4n) is 6.65. The first-order valence-electron chi connectivity index (χ1n) is 16.1. The Balaban J connectivity index is 1.18. The van der Waals surface area contributed by atoms with Crippen LogP contribution in [0.4, 0.5) is 0 Å². The number of aromatic nitrogens is 4. The fraction of sp³-hybridized carbons (Fsp3) is 0.0233. The average Bonchev–Trinajstić information content (AvgIpc) is 3.17. The van der Waals surface area contributed by atoms with Gasteiger partial charge in [0.15, 0.2) is 0 Å². The minimum Gasteiger partial charge on any atom is -0.371 e. The summed E-state index contributed by atoms with van der Waals surface area (Å²) in [5.41, 5.74) is 12.1. The molecule has 0 bridgehead atoms. The molecule has 0 aliphatic carbocycles. The maximum Gasteiger partial charge on any atom is 0.0978 e. The molecule has 4 aromatic carbocycles. The van der Waals surface area contributed by atoms with Gasteiger partial charge in [-0.3, -0.25) is 9.97 Å². The van der Waals surface area contributed by atoms with Crippen molar-refractivity contribution in [2.45, 2.75) is 6.04 Å². The number of allylic oxidation sites excluding steroid dienone is 2. The molecule has 0 saturated heterocycles. The van der Waals surface area contributed by atoms with Crippen LogP contribution in [0.3, 0.4) is 0 Å². The molecule has 0 fully saturated rings. The monoisotopic (exact) mass is 615 g/mol. The molecule has 0 radical (unpaired) electrons. The van der Waals surface area contributed by atoms with Crippen molar-refractivity contribution in [1.82, 2.24) is 25.3 Å². The van der Waals surface area contributed by atoms with E-state index in [0.717, 1.165) is 83.3 Å². The Kier molecular flexibility index (Phi) is 6.79. The maximum atomic E-state index is 5.19. The molecule has 8 aromatic rings. The first kappa shape index (κ1) is 27.8. The number of nitrogens with one attached hydrogen (secondary N) is 1. The second kappa shape index (κ2) is 11.7. The summed E-state index contributed by atoms with van der Waals surface area (Å²) in [6.45, 7) is 0. The standard InChI is InChI=1S/C43H29N5/c1-2-10-29(11-3-1)35-23-21-31-20-22-34-41(33-12-4-5-13-36(33)48-43(34)42(31)47-35)30-18-16-28(17-19-30)32-26-39(37-14-6-8-24-44-37)46-40(27-32)38-15-7-9-25-45-38/h1-27,39,46H. The Hall–Kier alpha value is -6.46. The van der Waals surface area contributed by atoms with Gasteiger partial charge in [-0.15, -0.1) is 0 Å². The second-order valence-corrected chi connectivity index (χ2v) is 11.9. The van der Waals surface area contributed by atoms with Gasteiger partial charge in [0.2, 0.25) is 0 Å². The zero-order chi connectivity index (χ0) is 31.9.